The van der Waals surface area contributed by atoms with Crippen molar-refractivity contribution < 1.29 is 13.2 Å². The van der Waals surface area contributed by atoms with E-state index in [4.69, 9.17) is 34.8 Å². The van der Waals surface area contributed by atoms with Crippen LogP contribution in [0.2, 0.25) is 15.1 Å². The van der Waals surface area contributed by atoms with Crippen LogP contribution in [0.5, 0.6) is 0 Å². The van der Waals surface area contributed by atoms with Crippen LogP contribution >= 0.6 is 50.7 Å². The Morgan fingerprint density at radius 3 is 2.06 bits per heavy atom. The topological polar surface area (TPSA) is 66.5 Å². The predicted molar refractivity (Wildman–Crippen MR) is 128 cm³/mol. The molecule has 0 heterocycles. The van der Waals surface area contributed by atoms with Gasteiger partial charge in [0.25, 0.3) is 0 Å². The highest BCUT2D eigenvalue weighted by atomic mass is 79.9. The molecular formula is C21H16BrCl3N2O3S. The molecule has 3 aromatic rings. The van der Waals surface area contributed by atoms with Gasteiger partial charge in [-0.05, 0) is 60.7 Å². The van der Waals surface area contributed by atoms with Gasteiger partial charge < -0.3 is 5.32 Å². The number of carbonyl (C=O) groups is 1. The fourth-order valence-corrected chi connectivity index (χ4v) is 5.01. The van der Waals surface area contributed by atoms with Crippen LogP contribution < -0.4 is 5.32 Å². The summed E-state index contributed by atoms with van der Waals surface area (Å²) in [6.07, 6.45) is 0. The summed E-state index contributed by atoms with van der Waals surface area (Å²) in [5.74, 6) is -0.511. The maximum Gasteiger partial charge on any atom is 0.243 e. The molecule has 31 heavy (non-hydrogen) atoms. The van der Waals surface area contributed by atoms with Gasteiger partial charge in [-0.3, -0.25) is 4.79 Å². The molecule has 0 fully saturated rings. The highest BCUT2D eigenvalue weighted by Gasteiger charge is 2.28. The first-order chi connectivity index (χ1) is 14.7. The summed E-state index contributed by atoms with van der Waals surface area (Å²) >= 11 is 21.7. The summed E-state index contributed by atoms with van der Waals surface area (Å²) in [5, 5.41) is 3.70. The molecule has 0 aliphatic carbocycles. The highest BCUT2D eigenvalue weighted by Crippen LogP contribution is 2.28. The summed E-state index contributed by atoms with van der Waals surface area (Å²) in [6, 6.07) is 17.5. The zero-order valence-corrected chi connectivity index (χ0v) is 20.5. The molecule has 3 aromatic carbocycles. The van der Waals surface area contributed by atoms with Gasteiger partial charge in [-0.1, -0.05) is 56.8 Å². The first kappa shape index (κ1) is 24.0. The molecule has 0 aromatic heterocycles. The first-order valence-corrected chi connectivity index (χ1v) is 12.3. The van der Waals surface area contributed by atoms with E-state index in [9.17, 15) is 13.2 Å². The van der Waals surface area contributed by atoms with E-state index in [2.05, 4.69) is 21.2 Å². The first-order valence-electron chi connectivity index (χ1n) is 8.91. The van der Waals surface area contributed by atoms with Crippen molar-refractivity contribution in [3.8, 4) is 0 Å². The summed E-state index contributed by atoms with van der Waals surface area (Å²) in [4.78, 5) is 12.7. The van der Waals surface area contributed by atoms with Crippen molar-refractivity contribution in [1.82, 2.24) is 4.31 Å². The van der Waals surface area contributed by atoms with E-state index in [0.29, 0.717) is 26.3 Å². The molecule has 0 aliphatic rings. The van der Waals surface area contributed by atoms with E-state index in [1.807, 2.05) is 0 Å². The summed E-state index contributed by atoms with van der Waals surface area (Å²) < 4.78 is 28.5. The van der Waals surface area contributed by atoms with E-state index < -0.39 is 22.5 Å². The molecule has 1 amide bonds. The Morgan fingerprint density at radius 2 is 1.48 bits per heavy atom. The van der Waals surface area contributed by atoms with Gasteiger partial charge in [0.05, 0.1) is 11.4 Å². The normalized spacial score (nSPS) is 11.5. The monoisotopic (exact) mass is 560 g/mol. The third-order valence-corrected chi connectivity index (χ3v) is 7.59. The number of benzene rings is 3. The predicted octanol–water partition coefficient (Wildman–Crippen LogP) is 6.24. The minimum absolute atomic E-state index is 0.00322. The van der Waals surface area contributed by atoms with Crippen LogP contribution in [0.4, 0.5) is 5.69 Å². The molecule has 0 spiro atoms. The third-order valence-electron chi connectivity index (χ3n) is 4.30. The summed E-state index contributed by atoms with van der Waals surface area (Å²) in [6.45, 7) is -0.625. The smallest absolute Gasteiger partial charge is 0.243 e. The maximum absolute atomic E-state index is 13.3. The van der Waals surface area contributed by atoms with Crippen LogP contribution in [0.3, 0.4) is 0 Å². The van der Waals surface area contributed by atoms with Gasteiger partial charge in [-0.2, -0.15) is 4.31 Å². The molecule has 162 valence electrons. The Balaban J connectivity index is 1.92. The molecule has 0 atom stereocenters. The van der Waals surface area contributed by atoms with E-state index in [1.165, 1.54) is 24.3 Å². The fraction of sp³-hybridized carbons (Fsp3) is 0.0952. The van der Waals surface area contributed by atoms with Gasteiger partial charge >= 0.3 is 0 Å². The van der Waals surface area contributed by atoms with E-state index in [-0.39, 0.29) is 11.4 Å². The Hall–Kier alpha value is -1.61. The van der Waals surface area contributed by atoms with Gasteiger partial charge in [0.15, 0.2) is 0 Å². The van der Waals surface area contributed by atoms with Crippen molar-refractivity contribution >= 4 is 72.4 Å². The average molecular weight is 563 g/mol. The van der Waals surface area contributed by atoms with Crippen molar-refractivity contribution in [2.75, 3.05) is 11.9 Å². The number of nitrogens with zero attached hydrogens (tertiary/aromatic N) is 1. The van der Waals surface area contributed by atoms with Gasteiger partial charge in [0, 0.05) is 37.3 Å². The van der Waals surface area contributed by atoms with E-state index >= 15 is 0 Å². The average Bonchev–Trinajstić information content (AvgIpc) is 2.72. The van der Waals surface area contributed by atoms with E-state index in [1.54, 1.807) is 42.5 Å². The molecule has 0 unspecified atom stereocenters. The van der Waals surface area contributed by atoms with Crippen LogP contribution in [-0.2, 0) is 21.4 Å². The number of rotatable bonds is 7. The van der Waals surface area contributed by atoms with Gasteiger partial charge in [0.1, 0.15) is 0 Å². The van der Waals surface area contributed by atoms with Crippen LogP contribution in [-0.4, -0.2) is 25.2 Å². The summed E-state index contributed by atoms with van der Waals surface area (Å²) in [5.41, 5.74) is 0.938. The Morgan fingerprint density at radius 1 is 0.903 bits per heavy atom. The van der Waals surface area contributed by atoms with Crippen molar-refractivity contribution in [2.24, 2.45) is 0 Å². The molecule has 10 heteroatoms. The SMILES string of the molecule is O=C(CN(Cc1c(Cl)cccc1Cl)S(=O)(=O)c1ccc(Cl)cc1)Nc1ccc(Br)cc1. The molecule has 3 rings (SSSR count). The number of halogens is 4. The van der Waals surface area contributed by atoms with Gasteiger partial charge in [-0.25, -0.2) is 8.42 Å². The highest BCUT2D eigenvalue weighted by molar-refractivity contribution is 9.10. The lowest BCUT2D eigenvalue weighted by molar-refractivity contribution is -0.116. The molecule has 0 saturated carbocycles. The number of carbonyl (C=O) groups excluding carboxylic acids is 1. The second kappa shape index (κ2) is 10.3. The fourth-order valence-electron chi connectivity index (χ4n) is 2.74. The molecule has 0 aliphatic heterocycles. The lowest BCUT2D eigenvalue weighted by Crippen LogP contribution is -2.37. The quantitative estimate of drug-likeness (QED) is 0.371. The number of anilines is 1. The van der Waals surface area contributed by atoms with Crippen LogP contribution in [0, 0.1) is 0 Å². The standard InChI is InChI=1S/C21H16BrCl3N2O3S/c22-14-4-8-16(9-5-14)26-21(28)13-27(12-18-19(24)2-1-3-20(18)25)31(29,30)17-10-6-15(23)7-11-17/h1-11H,12-13H2,(H,26,28). The largest absolute Gasteiger partial charge is 0.325 e. The summed E-state index contributed by atoms with van der Waals surface area (Å²) in [7, 11) is -4.05. The van der Waals surface area contributed by atoms with Crippen molar-refractivity contribution in [3.05, 3.63) is 91.8 Å². The van der Waals surface area contributed by atoms with Crippen molar-refractivity contribution in [1.29, 1.82) is 0 Å². The van der Waals surface area contributed by atoms with Gasteiger partial charge in [0.2, 0.25) is 15.9 Å². The van der Waals surface area contributed by atoms with Crippen LogP contribution in [0.15, 0.2) is 76.1 Å². The zero-order valence-electron chi connectivity index (χ0n) is 15.9. The molecular weight excluding hydrogens is 547 g/mol. The van der Waals surface area contributed by atoms with E-state index in [0.717, 1.165) is 8.78 Å². The molecule has 0 bridgehead atoms. The van der Waals surface area contributed by atoms with Crippen LogP contribution in [0.25, 0.3) is 0 Å². The number of sulfonamides is 1. The van der Waals surface area contributed by atoms with Crippen molar-refractivity contribution in [3.63, 3.8) is 0 Å². The maximum atomic E-state index is 13.3. The minimum atomic E-state index is -4.05. The number of hydrogen-bond donors (Lipinski definition) is 1. The lowest BCUT2D eigenvalue weighted by atomic mass is 10.2. The lowest BCUT2D eigenvalue weighted by Gasteiger charge is -2.23. The zero-order chi connectivity index (χ0) is 22.6. The number of nitrogens with one attached hydrogen (secondary N) is 1. The second-order valence-corrected chi connectivity index (χ2v) is 10.6. The molecule has 5 nitrogen and oxygen atoms in total. The molecule has 1 N–H and O–H groups in total. The minimum Gasteiger partial charge on any atom is -0.325 e. The van der Waals surface area contributed by atoms with Crippen molar-refractivity contribution in [2.45, 2.75) is 11.4 Å². The molecule has 0 saturated heterocycles. The number of hydrogen-bond acceptors (Lipinski definition) is 3. The Kier molecular flexibility index (Phi) is 8.02. The van der Waals surface area contributed by atoms with Crippen LogP contribution in [0.1, 0.15) is 5.56 Å². The Labute approximate surface area is 204 Å². The third kappa shape index (κ3) is 6.22. The Bertz CT molecular complexity index is 1170. The number of amides is 1. The second-order valence-electron chi connectivity index (χ2n) is 6.48. The van der Waals surface area contributed by atoms with Gasteiger partial charge in [-0.15, -0.1) is 0 Å². The molecule has 0 radical (unpaired) electrons.